The van der Waals surface area contributed by atoms with Gasteiger partial charge in [0.05, 0.1) is 5.56 Å². The quantitative estimate of drug-likeness (QED) is 0.824. The molecule has 27 heavy (non-hydrogen) atoms. The SMILES string of the molecule is N#Cc1cc(CN(C(=O)Nc2ccc(F)c(F)c2)C2CCCC2)ccc1F. The van der Waals surface area contributed by atoms with Crippen LogP contribution < -0.4 is 5.32 Å². The Morgan fingerprint density at radius 1 is 1.07 bits per heavy atom. The molecule has 0 aliphatic heterocycles. The fourth-order valence-electron chi connectivity index (χ4n) is 3.30. The van der Waals surface area contributed by atoms with Gasteiger partial charge in [-0.05, 0) is 42.7 Å². The zero-order valence-corrected chi connectivity index (χ0v) is 14.5. The summed E-state index contributed by atoms with van der Waals surface area (Å²) in [5, 5.41) is 11.6. The molecule has 1 N–H and O–H groups in total. The Morgan fingerprint density at radius 2 is 1.78 bits per heavy atom. The van der Waals surface area contributed by atoms with Crippen molar-refractivity contribution < 1.29 is 18.0 Å². The standard InChI is InChI=1S/C20H18F3N3O/c21-17-7-5-13(9-14(17)11-24)12-26(16-3-1-2-4-16)20(27)25-15-6-8-18(22)19(23)10-15/h5-10,16H,1-4,12H2,(H,25,27). The van der Waals surface area contributed by atoms with E-state index in [1.54, 1.807) is 11.0 Å². The molecule has 7 heteroatoms. The van der Waals surface area contributed by atoms with Gasteiger partial charge in [-0.15, -0.1) is 0 Å². The van der Waals surface area contributed by atoms with E-state index in [4.69, 9.17) is 5.26 Å². The Bertz CT molecular complexity index is 889. The number of nitrogens with zero attached hydrogens (tertiary/aromatic N) is 2. The zero-order chi connectivity index (χ0) is 19.4. The lowest BCUT2D eigenvalue weighted by molar-refractivity contribution is 0.184. The molecule has 0 aromatic heterocycles. The van der Waals surface area contributed by atoms with E-state index in [2.05, 4.69) is 5.32 Å². The van der Waals surface area contributed by atoms with E-state index in [0.717, 1.165) is 37.8 Å². The second-order valence-electron chi connectivity index (χ2n) is 6.55. The first kappa shape index (κ1) is 18.8. The van der Waals surface area contributed by atoms with Crippen LogP contribution in [0.25, 0.3) is 0 Å². The van der Waals surface area contributed by atoms with Crippen molar-refractivity contribution >= 4 is 11.7 Å². The van der Waals surface area contributed by atoms with Gasteiger partial charge in [0.25, 0.3) is 0 Å². The molecule has 4 nitrogen and oxygen atoms in total. The molecule has 0 atom stereocenters. The third kappa shape index (κ3) is 4.40. The number of amides is 2. The Labute approximate surface area is 155 Å². The molecule has 0 radical (unpaired) electrons. The summed E-state index contributed by atoms with van der Waals surface area (Å²) in [6.07, 6.45) is 3.65. The van der Waals surface area contributed by atoms with Gasteiger partial charge in [-0.3, -0.25) is 0 Å². The van der Waals surface area contributed by atoms with Crippen molar-refractivity contribution in [3.63, 3.8) is 0 Å². The highest BCUT2D eigenvalue weighted by atomic mass is 19.2. The van der Waals surface area contributed by atoms with Gasteiger partial charge in [0.15, 0.2) is 11.6 Å². The van der Waals surface area contributed by atoms with Gasteiger partial charge < -0.3 is 10.2 Å². The van der Waals surface area contributed by atoms with E-state index in [9.17, 15) is 18.0 Å². The van der Waals surface area contributed by atoms with Gasteiger partial charge in [0.2, 0.25) is 0 Å². The van der Waals surface area contributed by atoms with Gasteiger partial charge in [-0.25, -0.2) is 18.0 Å². The number of nitriles is 1. The van der Waals surface area contributed by atoms with Gasteiger partial charge in [-0.1, -0.05) is 18.9 Å². The van der Waals surface area contributed by atoms with E-state index in [-0.39, 0.29) is 23.8 Å². The molecule has 0 unspecified atom stereocenters. The molecule has 1 fully saturated rings. The molecular formula is C20H18F3N3O. The first-order valence-electron chi connectivity index (χ1n) is 8.69. The first-order valence-corrected chi connectivity index (χ1v) is 8.69. The summed E-state index contributed by atoms with van der Waals surface area (Å²) in [7, 11) is 0. The monoisotopic (exact) mass is 373 g/mol. The predicted molar refractivity (Wildman–Crippen MR) is 94.3 cm³/mol. The van der Waals surface area contributed by atoms with Gasteiger partial charge in [-0.2, -0.15) is 5.26 Å². The molecule has 0 heterocycles. The molecule has 2 aromatic rings. The number of hydrogen-bond donors (Lipinski definition) is 1. The largest absolute Gasteiger partial charge is 0.322 e. The van der Waals surface area contributed by atoms with Crippen LogP contribution in [0.5, 0.6) is 0 Å². The van der Waals surface area contributed by atoms with Crippen LogP contribution in [-0.4, -0.2) is 17.0 Å². The van der Waals surface area contributed by atoms with Crippen molar-refractivity contribution in [2.75, 3.05) is 5.32 Å². The van der Waals surface area contributed by atoms with E-state index < -0.39 is 23.5 Å². The second kappa shape index (κ2) is 8.12. The van der Waals surface area contributed by atoms with Gasteiger partial charge in [0.1, 0.15) is 11.9 Å². The van der Waals surface area contributed by atoms with Crippen molar-refractivity contribution in [3.05, 3.63) is 65.0 Å². The van der Waals surface area contributed by atoms with Crippen molar-refractivity contribution in [2.45, 2.75) is 38.3 Å². The zero-order valence-electron chi connectivity index (χ0n) is 14.5. The molecule has 1 saturated carbocycles. The summed E-state index contributed by atoms with van der Waals surface area (Å²) >= 11 is 0. The fourth-order valence-corrected chi connectivity index (χ4v) is 3.30. The molecule has 2 aromatic carbocycles. The number of hydrogen-bond acceptors (Lipinski definition) is 2. The Hall–Kier alpha value is -3.01. The van der Waals surface area contributed by atoms with Crippen LogP contribution in [-0.2, 0) is 6.54 Å². The number of halogens is 3. The molecule has 140 valence electrons. The number of nitrogens with one attached hydrogen (secondary N) is 1. The maximum atomic E-state index is 13.5. The van der Waals surface area contributed by atoms with E-state index in [0.29, 0.717) is 5.56 Å². The minimum Gasteiger partial charge on any atom is -0.317 e. The lowest BCUT2D eigenvalue weighted by Crippen LogP contribution is -2.41. The van der Waals surface area contributed by atoms with Crippen LogP contribution in [0, 0.1) is 28.8 Å². The van der Waals surface area contributed by atoms with Crippen LogP contribution in [0.15, 0.2) is 36.4 Å². The molecular weight excluding hydrogens is 355 g/mol. The topological polar surface area (TPSA) is 56.1 Å². The van der Waals surface area contributed by atoms with Crippen molar-refractivity contribution in [1.29, 1.82) is 5.26 Å². The van der Waals surface area contributed by atoms with Crippen LogP contribution in [0.4, 0.5) is 23.7 Å². The molecule has 0 saturated heterocycles. The number of urea groups is 1. The highest BCUT2D eigenvalue weighted by molar-refractivity contribution is 5.89. The highest BCUT2D eigenvalue weighted by Gasteiger charge is 2.27. The van der Waals surface area contributed by atoms with Crippen LogP contribution >= 0.6 is 0 Å². The normalized spacial score (nSPS) is 14.0. The molecule has 1 aliphatic carbocycles. The summed E-state index contributed by atoms with van der Waals surface area (Å²) in [4.78, 5) is 14.4. The molecule has 1 aliphatic rings. The fraction of sp³-hybridized carbons (Fsp3) is 0.300. The summed E-state index contributed by atoms with van der Waals surface area (Å²) in [5.74, 6) is -2.65. The smallest absolute Gasteiger partial charge is 0.317 e. The summed E-state index contributed by atoms with van der Waals surface area (Å²) in [6.45, 7) is 0.190. The number of carbonyl (C=O) groups excluding carboxylic acids is 1. The average molecular weight is 373 g/mol. The minimum absolute atomic E-state index is 0.00844. The summed E-state index contributed by atoms with van der Waals surface area (Å²) in [6, 6.07) is 8.64. The average Bonchev–Trinajstić information content (AvgIpc) is 3.18. The number of carbonyl (C=O) groups is 1. The molecule has 0 bridgehead atoms. The van der Waals surface area contributed by atoms with Crippen LogP contribution in [0.2, 0.25) is 0 Å². The minimum atomic E-state index is -1.04. The van der Waals surface area contributed by atoms with Crippen molar-refractivity contribution in [3.8, 4) is 6.07 Å². The first-order chi connectivity index (χ1) is 13.0. The number of anilines is 1. The van der Waals surface area contributed by atoms with Gasteiger partial charge >= 0.3 is 6.03 Å². The highest BCUT2D eigenvalue weighted by Crippen LogP contribution is 2.26. The molecule has 2 amide bonds. The van der Waals surface area contributed by atoms with Gasteiger partial charge in [0, 0.05) is 24.3 Å². The van der Waals surface area contributed by atoms with Crippen molar-refractivity contribution in [1.82, 2.24) is 4.90 Å². The lowest BCUT2D eigenvalue weighted by Gasteiger charge is -2.29. The Balaban J connectivity index is 1.81. The predicted octanol–water partition coefficient (Wildman–Crippen LogP) is 4.95. The molecule has 0 spiro atoms. The maximum absolute atomic E-state index is 13.5. The Morgan fingerprint density at radius 3 is 2.44 bits per heavy atom. The summed E-state index contributed by atoms with van der Waals surface area (Å²) in [5.41, 5.74) is 0.693. The molecule has 3 rings (SSSR count). The van der Waals surface area contributed by atoms with E-state index in [1.165, 1.54) is 24.3 Å². The second-order valence-corrected chi connectivity index (χ2v) is 6.55. The van der Waals surface area contributed by atoms with Crippen LogP contribution in [0.1, 0.15) is 36.8 Å². The van der Waals surface area contributed by atoms with E-state index in [1.807, 2.05) is 0 Å². The summed E-state index contributed by atoms with van der Waals surface area (Å²) < 4.78 is 40.0. The van der Waals surface area contributed by atoms with E-state index >= 15 is 0 Å². The Kier molecular flexibility index (Phi) is 5.65. The number of rotatable bonds is 4. The maximum Gasteiger partial charge on any atom is 0.322 e. The third-order valence-corrected chi connectivity index (χ3v) is 4.70. The third-order valence-electron chi connectivity index (χ3n) is 4.70. The van der Waals surface area contributed by atoms with Crippen LogP contribution in [0.3, 0.4) is 0 Å². The van der Waals surface area contributed by atoms with Crippen molar-refractivity contribution in [2.24, 2.45) is 0 Å². The number of benzene rings is 2. The lowest BCUT2D eigenvalue weighted by atomic mass is 10.1.